The number of hydrazine groups is 1. The van der Waals surface area contributed by atoms with Crippen LogP contribution >= 0.6 is 0 Å². The summed E-state index contributed by atoms with van der Waals surface area (Å²) < 4.78 is 30.5. The number of amides is 2. The third-order valence-electron chi connectivity index (χ3n) is 3.95. The monoisotopic (exact) mass is 476 g/mol. The lowest BCUT2D eigenvalue weighted by atomic mass is 10.2. The van der Waals surface area contributed by atoms with Gasteiger partial charge in [0.2, 0.25) is 10.0 Å². The van der Waals surface area contributed by atoms with Crippen LogP contribution in [0.5, 0.6) is 0 Å². The highest BCUT2D eigenvalue weighted by Gasteiger charge is 2.13. The van der Waals surface area contributed by atoms with E-state index < -0.39 is 45.9 Å². The van der Waals surface area contributed by atoms with Gasteiger partial charge in [0.15, 0.2) is 6.61 Å². The van der Waals surface area contributed by atoms with Gasteiger partial charge in [-0.05, 0) is 30.7 Å². The molecule has 0 aliphatic rings. The van der Waals surface area contributed by atoms with Crippen molar-refractivity contribution in [3.8, 4) is 0 Å². The lowest BCUT2D eigenvalue weighted by Gasteiger charge is -2.08. The average molecular weight is 476 g/mol. The predicted octanol–water partition coefficient (Wildman–Crippen LogP) is 0.798. The number of nitrogens with one attached hydrogen (secondary N) is 3. The molecule has 0 aromatic heterocycles. The topological polar surface area (TPSA) is 174 Å². The molecule has 0 unspecified atom stereocenters. The van der Waals surface area contributed by atoms with Gasteiger partial charge in [-0.25, -0.2) is 13.1 Å². The Hall–Kier alpha value is -4.10. The number of benzene rings is 2. The van der Waals surface area contributed by atoms with E-state index in [1.54, 1.807) is 12.1 Å². The maximum atomic E-state index is 11.9. The molecule has 0 radical (unpaired) electrons. The van der Waals surface area contributed by atoms with E-state index in [0.29, 0.717) is 5.56 Å². The number of esters is 1. The van der Waals surface area contributed by atoms with Gasteiger partial charge in [0.05, 0.1) is 4.92 Å². The number of rotatable bonds is 9. The zero-order valence-electron chi connectivity index (χ0n) is 17.3. The average Bonchev–Trinajstić information content (AvgIpc) is 2.79. The van der Waals surface area contributed by atoms with Crippen molar-refractivity contribution in [2.24, 2.45) is 0 Å². The van der Waals surface area contributed by atoms with Crippen LogP contribution in [0.25, 0.3) is 6.08 Å². The first-order valence-corrected chi connectivity index (χ1v) is 10.8. The summed E-state index contributed by atoms with van der Waals surface area (Å²) in [5.41, 5.74) is 5.55. The van der Waals surface area contributed by atoms with E-state index in [1.807, 2.05) is 34.6 Å². The molecule has 0 atom stereocenters. The number of non-ortho nitro benzene ring substituents is 1. The molecule has 12 nitrogen and oxygen atoms in total. The van der Waals surface area contributed by atoms with E-state index in [9.17, 15) is 32.9 Å². The van der Waals surface area contributed by atoms with Gasteiger partial charge >= 0.3 is 5.97 Å². The Morgan fingerprint density at radius 1 is 1.03 bits per heavy atom. The first-order valence-electron chi connectivity index (χ1n) is 9.29. The standard InChI is InChI=1S/C20H20N4O8S/c1-14-2-4-15(5-3-14)10-11-33(30,31)21-12-19(26)32-13-18(25)22-23-20(27)16-6-8-17(9-7-16)24(28)29/h2-11,21H,12-13H2,1H3,(H,22,25)(H,23,27). The Morgan fingerprint density at radius 2 is 1.67 bits per heavy atom. The van der Waals surface area contributed by atoms with Crippen LogP contribution in [0.3, 0.4) is 0 Å². The number of nitro benzene ring substituents is 1. The fraction of sp³-hybridized carbons (Fsp3) is 0.150. The zero-order valence-corrected chi connectivity index (χ0v) is 18.1. The van der Waals surface area contributed by atoms with Gasteiger partial charge in [0.25, 0.3) is 17.5 Å². The molecule has 0 spiro atoms. The van der Waals surface area contributed by atoms with Crippen molar-refractivity contribution in [2.75, 3.05) is 13.2 Å². The molecule has 0 saturated heterocycles. The molecule has 2 amide bonds. The molecule has 174 valence electrons. The molecule has 0 bridgehead atoms. The van der Waals surface area contributed by atoms with Gasteiger partial charge in [-0.3, -0.25) is 35.3 Å². The van der Waals surface area contributed by atoms with Gasteiger partial charge in [-0.2, -0.15) is 0 Å². The van der Waals surface area contributed by atoms with Crippen LogP contribution in [-0.2, 0) is 24.3 Å². The molecule has 2 rings (SSSR count). The molecule has 2 aromatic rings. The highest BCUT2D eigenvalue weighted by molar-refractivity contribution is 7.92. The summed E-state index contributed by atoms with van der Waals surface area (Å²) in [5.74, 6) is -2.66. The Labute approximate surface area is 188 Å². The number of nitrogens with zero attached hydrogens (tertiary/aromatic N) is 1. The largest absolute Gasteiger partial charge is 0.455 e. The lowest BCUT2D eigenvalue weighted by molar-refractivity contribution is -0.384. The molecule has 33 heavy (non-hydrogen) atoms. The fourth-order valence-electron chi connectivity index (χ4n) is 2.22. The summed E-state index contributed by atoms with van der Waals surface area (Å²) in [4.78, 5) is 45.2. The Morgan fingerprint density at radius 3 is 2.27 bits per heavy atom. The molecule has 13 heteroatoms. The first-order chi connectivity index (χ1) is 15.6. The molecular formula is C20H20N4O8S. The van der Waals surface area contributed by atoms with Crippen LogP contribution in [0.4, 0.5) is 5.69 Å². The van der Waals surface area contributed by atoms with Gasteiger partial charge in [-0.15, -0.1) is 0 Å². The Balaban J connectivity index is 1.71. The van der Waals surface area contributed by atoms with Crippen molar-refractivity contribution in [1.29, 1.82) is 0 Å². The minimum atomic E-state index is -3.92. The summed E-state index contributed by atoms with van der Waals surface area (Å²) in [6.45, 7) is 0.411. The van der Waals surface area contributed by atoms with Gasteiger partial charge in [0.1, 0.15) is 6.54 Å². The summed E-state index contributed by atoms with van der Waals surface area (Å²) in [5, 5.41) is 11.5. The maximum absolute atomic E-state index is 11.9. The normalized spacial score (nSPS) is 11.1. The van der Waals surface area contributed by atoms with Crippen LogP contribution in [-0.4, -0.2) is 44.3 Å². The molecule has 0 aliphatic carbocycles. The van der Waals surface area contributed by atoms with Crippen LogP contribution in [0, 0.1) is 17.0 Å². The SMILES string of the molecule is Cc1ccc(C=CS(=O)(=O)NCC(=O)OCC(=O)NNC(=O)c2ccc([N+](=O)[O-])cc2)cc1. The minimum absolute atomic E-state index is 0.0472. The molecular weight excluding hydrogens is 456 g/mol. The van der Waals surface area contributed by atoms with Crippen molar-refractivity contribution in [3.63, 3.8) is 0 Å². The number of hydrogen-bond donors (Lipinski definition) is 3. The van der Waals surface area contributed by atoms with E-state index in [1.165, 1.54) is 18.2 Å². The third kappa shape index (κ3) is 8.88. The van der Waals surface area contributed by atoms with Crippen LogP contribution in [0.1, 0.15) is 21.5 Å². The van der Waals surface area contributed by atoms with Gasteiger partial charge < -0.3 is 4.74 Å². The third-order valence-corrected chi connectivity index (χ3v) is 5.00. The smallest absolute Gasteiger partial charge is 0.321 e. The number of sulfonamides is 1. The van der Waals surface area contributed by atoms with Crippen molar-refractivity contribution < 1.29 is 32.5 Å². The lowest BCUT2D eigenvalue weighted by Crippen LogP contribution is -2.44. The van der Waals surface area contributed by atoms with E-state index in [2.05, 4.69) is 4.74 Å². The fourth-order valence-corrected chi connectivity index (χ4v) is 2.97. The van der Waals surface area contributed by atoms with E-state index in [-0.39, 0.29) is 11.3 Å². The van der Waals surface area contributed by atoms with Crippen LogP contribution < -0.4 is 15.6 Å². The number of hydrogen-bond acceptors (Lipinski definition) is 8. The van der Waals surface area contributed by atoms with Crippen LogP contribution in [0.15, 0.2) is 53.9 Å². The number of aryl methyl sites for hydroxylation is 1. The Bertz CT molecular complexity index is 1160. The summed E-state index contributed by atoms with van der Waals surface area (Å²) in [6.07, 6.45) is 1.36. The van der Waals surface area contributed by atoms with E-state index in [0.717, 1.165) is 23.1 Å². The number of ether oxygens (including phenoxy) is 1. The molecule has 0 aliphatic heterocycles. The van der Waals surface area contributed by atoms with Crippen molar-refractivity contribution in [3.05, 3.63) is 80.7 Å². The number of carbonyl (C=O) groups excluding carboxylic acids is 3. The highest BCUT2D eigenvalue weighted by atomic mass is 32.2. The molecule has 0 fully saturated rings. The van der Waals surface area contributed by atoms with Crippen molar-refractivity contribution in [2.45, 2.75) is 6.92 Å². The molecule has 0 saturated carbocycles. The zero-order chi connectivity index (χ0) is 24.4. The van der Waals surface area contributed by atoms with E-state index in [4.69, 9.17) is 0 Å². The summed E-state index contributed by atoms with van der Waals surface area (Å²) >= 11 is 0. The van der Waals surface area contributed by atoms with Crippen molar-refractivity contribution in [1.82, 2.24) is 15.6 Å². The first kappa shape index (κ1) is 25.2. The molecule has 0 heterocycles. The molecule has 2 aromatic carbocycles. The van der Waals surface area contributed by atoms with Crippen molar-refractivity contribution >= 4 is 39.6 Å². The maximum Gasteiger partial charge on any atom is 0.321 e. The Kier molecular flexibility index (Phi) is 8.77. The van der Waals surface area contributed by atoms with Crippen LogP contribution in [0.2, 0.25) is 0 Å². The quantitative estimate of drug-likeness (QED) is 0.271. The van der Waals surface area contributed by atoms with E-state index >= 15 is 0 Å². The number of carbonyl (C=O) groups is 3. The second-order valence-corrected chi connectivity index (χ2v) is 8.20. The predicted molar refractivity (Wildman–Crippen MR) is 117 cm³/mol. The second-order valence-electron chi connectivity index (χ2n) is 6.55. The summed E-state index contributed by atoms with van der Waals surface area (Å²) in [7, 11) is -3.92. The second kappa shape index (κ2) is 11.5. The van der Waals surface area contributed by atoms with Gasteiger partial charge in [-0.1, -0.05) is 29.8 Å². The minimum Gasteiger partial charge on any atom is -0.455 e. The van der Waals surface area contributed by atoms with Gasteiger partial charge in [0, 0.05) is 23.1 Å². The number of nitro groups is 1. The molecule has 3 N–H and O–H groups in total. The summed E-state index contributed by atoms with van der Waals surface area (Å²) in [6, 6.07) is 11.7. The highest BCUT2D eigenvalue weighted by Crippen LogP contribution is 2.11.